The summed E-state index contributed by atoms with van der Waals surface area (Å²) in [4.78, 5) is 23.5. The van der Waals surface area contributed by atoms with Gasteiger partial charge in [0, 0.05) is 6.04 Å². The summed E-state index contributed by atoms with van der Waals surface area (Å²) in [6, 6.07) is -0.0107. The highest BCUT2D eigenvalue weighted by Crippen LogP contribution is 2.15. The molecule has 1 saturated heterocycles. The summed E-state index contributed by atoms with van der Waals surface area (Å²) in [7, 11) is 3.08. The number of nitrogens with one attached hydrogen (secondary N) is 2. The lowest BCUT2D eigenvalue weighted by Gasteiger charge is -2.26. The summed E-state index contributed by atoms with van der Waals surface area (Å²) < 4.78 is 9.87. The van der Waals surface area contributed by atoms with Crippen LogP contribution in [-0.2, 0) is 19.1 Å². The Kier molecular flexibility index (Phi) is 4.47. The summed E-state index contributed by atoms with van der Waals surface area (Å²) >= 11 is 0. The number of likely N-dealkylation sites (N-methyl/N-ethyl adjacent to an activating group) is 1. The number of carbonyl (C=O) groups is 2. The molecule has 2 atom stereocenters. The molecule has 6 nitrogen and oxygen atoms in total. The van der Waals surface area contributed by atoms with Gasteiger partial charge in [-0.2, -0.15) is 0 Å². The second-order valence-corrected chi connectivity index (χ2v) is 4.64. The van der Waals surface area contributed by atoms with Crippen LogP contribution in [0.1, 0.15) is 13.8 Å². The Morgan fingerprint density at radius 1 is 1.35 bits per heavy atom. The number of rotatable bonds is 4. The SMILES string of the molecule is CNC1COCC1C(=O)NC(C)(C)C(=O)OC. The highest BCUT2D eigenvalue weighted by atomic mass is 16.5. The quantitative estimate of drug-likeness (QED) is 0.639. The minimum absolute atomic E-state index is 0.0107. The van der Waals surface area contributed by atoms with Crippen molar-refractivity contribution in [3.63, 3.8) is 0 Å². The molecule has 0 aliphatic carbocycles. The number of hydrogen-bond donors (Lipinski definition) is 2. The number of esters is 1. The fourth-order valence-electron chi connectivity index (χ4n) is 1.80. The Morgan fingerprint density at radius 2 is 2.00 bits per heavy atom. The standard InChI is InChI=1S/C11H20N2O4/c1-11(2,10(15)16-4)13-9(14)7-5-17-6-8(7)12-3/h7-8,12H,5-6H2,1-4H3,(H,13,14). The molecule has 17 heavy (non-hydrogen) atoms. The zero-order chi connectivity index (χ0) is 13.1. The Bertz CT molecular complexity index is 304. The van der Waals surface area contributed by atoms with Crippen LogP contribution >= 0.6 is 0 Å². The first-order chi connectivity index (χ1) is 7.92. The van der Waals surface area contributed by atoms with E-state index in [1.165, 1.54) is 7.11 Å². The Hall–Kier alpha value is -1.14. The van der Waals surface area contributed by atoms with Crippen LogP contribution in [0, 0.1) is 5.92 Å². The maximum Gasteiger partial charge on any atom is 0.330 e. The third kappa shape index (κ3) is 3.17. The highest BCUT2D eigenvalue weighted by Gasteiger charge is 2.38. The third-order valence-electron chi connectivity index (χ3n) is 2.92. The van der Waals surface area contributed by atoms with E-state index in [2.05, 4.69) is 15.4 Å². The van der Waals surface area contributed by atoms with E-state index in [9.17, 15) is 9.59 Å². The first-order valence-corrected chi connectivity index (χ1v) is 5.58. The van der Waals surface area contributed by atoms with E-state index in [-0.39, 0.29) is 17.9 Å². The molecule has 1 aliphatic rings. The van der Waals surface area contributed by atoms with Crippen molar-refractivity contribution in [3.8, 4) is 0 Å². The smallest absolute Gasteiger partial charge is 0.330 e. The van der Waals surface area contributed by atoms with Crippen molar-refractivity contribution >= 4 is 11.9 Å². The average molecular weight is 244 g/mol. The fourth-order valence-corrected chi connectivity index (χ4v) is 1.80. The van der Waals surface area contributed by atoms with Gasteiger partial charge in [-0.1, -0.05) is 0 Å². The zero-order valence-corrected chi connectivity index (χ0v) is 10.7. The molecule has 0 bridgehead atoms. The first kappa shape index (κ1) is 13.9. The summed E-state index contributed by atoms with van der Waals surface area (Å²) in [6.45, 7) is 4.10. The lowest BCUT2D eigenvalue weighted by Crippen LogP contribution is -2.54. The van der Waals surface area contributed by atoms with Gasteiger partial charge in [0.25, 0.3) is 0 Å². The zero-order valence-electron chi connectivity index (χ0n) is 10.7. The maximum atomic E-state index is 12.0. The molecular weight excluding hydrogens is 224 g/mol. The van der Waals surface area contributed by atoms with Gasteiger partial charge in [-0.3, -0.25) is 4.79 Å². The van der Waals surface area contributed by atoms with Crippen LogP contribution in [-0.4, -0.2) is 50.8 Å². The Balaban J connectivity index is 2.62. The molecule has 0 spiro atoms. The number of methoxy groups -OCH3 is 1. The molecule has 0 aromatic rings. The van der Waals surface area contributed by atoms with Gasteiger partial charge >= 0.3 is 5.97 Å². The number of amides is 1. The molecule has 0 aromatic carbocycles. The van der Waals surface area contributed by atoms with Crippen molar-refractivity contribution in [2.75, 3.05) is 27.4 Å². The number of ether oxygens (including phenoxy) is 2. The molecule has 2 unspecified atom stereocenters. The molecule has 1 fully saturated rings. The molecule has 0 aromatic heterocycles. The van der Waals surface area contributed by atoms with E-state index in [1.54, 1.807) is 20.9 Å². The van der Waals surface area contributed by atoms with Gasteiger partial charge in [0.1, 0.15) is 5.54 Å². The number of carbonyl (C=O) groups excluding carboxylic acids is 2. The van der Waals surface area contributed by atoms with Gasteiger partial charge in [0.2, 0.25) is 5.91 Å². The number of hydrogen-bond acceptors (Lipinski definition) is 5. The van der Waals surface area contributed by atoms with Gasteiger partial charge in [-0.25, -0.2) is 4.79 Å². The summed E-state index contributed by atoms with van der Waals surface area (Å²) in [5.41, 5.74) is -1.02. The van der Waals surface area contributed by atoms with Gasteiger partial charge in [0.05, 0.1) is 26.2 Å². The molecule has 1 aliphatic heterocycles. The Morgan fingerprint density at radius 3 is 2.53 bits per heavy atom. The van der Waals surface area contributed by atoms with E-state index in [0.29, 0.717) is 13.2 Å². The van der Waals surface area contributed by atoms with Gasteiger partial charge in [0.15, 0.2) is 0 Å². The van der Waals surface area contributed by atoms with Crippen molar-refractivity contribution in [2.24, 2.45) is 5.92 Å². The van der Waals surface area contributed by atoms with E-state index >= 15 is 0 Å². The molecule has 1 amide bonds. The summed E-state index contributed by atoms with van der Waals surface area (Å²) in [5.74, 6) is -0.938. The minimum Gasteiger partial charge on any atom is -0.467 e. The highest BCUT2D eigenvalue weighted by molar-refractivity contribution is 5.88. The van der Waals surface area contributed by atoms with Crippen LogP contribution in [0.4, 0.5) is 0 Å². The van der Waals surface area contributed by atoms with Crippen molar-refractivity contribution in [1.29, 1.82) is 0 Å². The monoisotopic (exact) mass is 244 g/mol. The van der Waals surface area contributed by atoms with E-state index in [0.717, 1.165) is 0 Å². The third-order valence-corrected chi connectivity index (χ3v) is 2.92. The topological polar surface area (TPSA) is 76.7 Å². The van der Waals surface area contributed by atoms with Crippen LogP contribution in [0.3, 0.4) is 0 Å². The lowest BCUT2D eigenvalue weighted by atomic mass is 9.99. The van der Waals surface area contributed by atoms with Gasteiger partial charge < -0.3 is 20.1 Å². The molecule has 0 radical (unpaired) electrons. The van der Waals surface area contributed by atoms with Crippen LogP contribution in [0.2, 0.25) is 0 Å². The lowest BCUT2D eigenvalue weighted by molar-refractivity contribution is -0.150. The fraction of sp³-hybridized carbons (Fsp3) is 0.818. The van der Waals surface area contributed by atoms with Crippen LogP contribution in [0.15, 0.2) is 0 Å². The van der Waals surface area contributed by atoms with Gasteiger partial charge in [-0.15, -0.1) is 0 Å². The molecule has 98 valence electrons. The van der Waals surface area contributed by atoms with Crippen LogP contribution in [0.25, 0.3) is 0 Å². The summed E-state index contributed by atoms with van der Waals surface area (Å²) in [5, 5.41) is 5.70. The predicted molar refractivity (Wildman–Crippen MR) is 61.4 cm³/mol. The van der Waals surface area contributed by atoms with Crippen molar-refractivity contribution in [1.82, 2.24) is 10.6 Å². The molecule has 1 heterocycles. The predicted octanol–water partition coefficient (Wildman–Crippen LogP) is -0.711. The van der Waals surface area contributed by atoms with Crippen LogP contribution in [0.5, 0.6) is 0 Å². The molecular formula is C11H20N2O4. The first-order valence-electron chi connectivity index (χ1n) is 5.58. The van der Waals surface area contributed by atoms with Crippen molar-refractivity contribution < 1.29 is 19.1 Å². The minimum atomic E-state index is -1.02. The summed E-state index contributed by atoms with van der Waals surface area (Å²) in [6.07, 6.45) is 0. The largest absolute Gasteiger partial charge is 0.467 e. The van der Waals surface area contributed by atoms with E-state index in [1.807, 2.05) is 0 Å². The molecule has 2 N–H and O–H groups in total. The maximum absolute atomic E-state index is 12.0. The second kappa shape index (κ2) is 5.46. The van der Waals surface area contributed by atoms with Crippen LogP contribution < -0.4 is 10.6 Å². The Labute approximate surface area is 101 Å². The van der Waals surface area contributed by atoms with E-state index < -0.39 is 11.5 Å². The van der Waals surface area contributed by atoms with E-state index in [4.69, 9.17) is 4.74 Å². The van der Waals surface area contributed by atoms with Crippen molar-refractivity contribution in [3.05, 3.63) is 0 Å². The van der Waals surface area contributed by atoms with Crippen molar-refractivity contribution in [2.45, 2.75) is 25.4 Å². The molecule has 6 heteroatoms. The molecule has 1 rings (SSSR count). The normalized spacial score (nSPS) is 24.5. The second-order valence-electron chi connectivity index (χ2n) is 4.64. The molecule has 0 saturated carbocycles. The average Bonchev–Trinajstić information content (AvgIpc) is 2.75. The van der Waals surface area contributed by atoms with Gasteiger partial charge in [-0.05, 0) is 20.9 Å².